The van der Waals surface area contributed by atoms with E-state index in [-0.39, 0.29) is 63.1 Å². The molecule has 0 N–H and O–H groups in total. The Morgan fingerprint density at radius 2 is 1.85 bits per heavy atom. The second-order valence-electron chi connectivity index (χ2n) is 2.26. The molecule has 1 aliphatic rings. The van der Waals surface area contributed by atoms with Crippen molar-refractivity contribution in [2.24, 2.45) is 0 Å². The van der Waals surface area contributed by atoms with E-state index in [1.54, 1.807) is 0 Å². The summed E-state index contributed by atoms with van der Waals surface area (Å²) in [5.74, 6) is 0. The van der Waals surface area contributed by atoms with Crippen molar-refractivity contribution in [2.45, 2.75) is 0 Å². The first-order valence-corrected chi connectivity index (χ1v) is 3.06. The largest absolute Gasteiger partial charge is 3.00 e. The summed E-state index contributed by atoms with van der Waals surface area (Å²) in [6.07, 6.45) is 6.04. The molecule has 0 radical (unpaired) electrons. The van der Waals surface area contributed by atoms with E-state index in [0.29, 0.717) is 0 Å². The quantitative estimate of drug-likeness (QED) is 0.459. The Kier molecular flexibility index (Phi) is 23.2. The van der Waals surface area contributed by atoms with Gasteiger partial charge in [-0.05, 0) is 0 Å². The maximum absolute atomic E-state index is 3.66. The predicted molar refractivity (Wildman–Crippen MR) is 44.4 cm³/mol. The van der Waals surface area contributed by atoms with Crippen LogP contribution in [0.25, 0.3) is 0 Å². The first-order valence-electron chi connectivity index (χ1n) is 3.06. The van der Waals surface area contributed by atoms with Crippen molar-refractivity contribution in [3.8, 4) is 0 Å². The van der Waals surface area contributed by atoms with Gasteiger partial charge in [0, 0.05) is 26.0 Å². The van der Waals surface area contributed by atoms with E-state index in [1.165, 1.54) is 0 Å². The van der Waals surface area contributed by atoms with E-state index < -0.39 is 0 Å². The first-order chi connectivity index (χ1) is 4.33. The molecule has 0 saturated heterocycles. The van der Waals surface area contributed by atoms with Crippen LogP contribution in [0, 0.1) is 0 Å². The minimum Gasteiger partial charge on any atom is -1.00 e. The second kappa shape index (κ2) is 12.8. The van der Waals surface area contributed by atoms with Crippen molar-refractivity contribution in [3.63, 3.8) is 0 Å². The van der Waals surface area contributed by atoms with Crippen molar-refractivity contribution in [3.05, 3.63) is 25.1 Å². The van der Waals surface area contributed by atoms with Crippen molar-refractivity contribution < 1.29 is 37.2 Å². The third-order valence-electron chi connectivity index (χ3n) is 1.30. The van der Waals surface area contributed by atoms with E-state index in [4.69, 9.17) is 0 Å². The molecule has 2 nitrogen and oxygen atoms in total. The van der Waals surface area contributed by atoms with Crippen LogP contribution in [-0.4, -0.2) is 55.9 Å². The summed E-state index contributed by atoms with van der Waals surface area (Å²) in [6.45, 7) is 5.59. The Morgan fingerprint density at radius 3 is 2.15 bits per heavy atom. The molecule has 0 saturated carbocycles. The molecule has 0 aromatic rings. The van der Waals surface area contributed by atoms with Gasteiger partial charge in [0.1, 0.15) is 0 Å². The number of nitrogens with zero attached hydrogens (tertiary/aromatic N) is 2. The fourth-order valence-corrected chi connectivity index (χ4v) is 0.873. The van der Waals surface area contributed by atoms with Crippen LogP contribution in [0.2, 0.25) is 0 Å². The molecule has 0 bridgehead atoms. The zero-order chi connectivity index (χ0) is 6.69. The number of halogens is 3. The molecule has 0 fully saturated rings. The molecule has 0 aliphatic carbocycles. The molecule has 0 aromatic carbocycles. The van der Waals surface area contributed by atoms with Crippen molar-refractivity contribution in [1.29, 1.82) is 0 Å². The van der Waals surface area contributed by atoms with Gasteiger partial charge in [-0.25, -0.2) is 0 Å². The molecule has 1 rings (SSSR count). The van der Waals surface area contributed by atoms with Gasteiger partial charge in [-0.3, -0.25) is 0 Å². The van der Waals surface area contributed by atoms with Crippen LogP contribution >= 0.6 is 0 Å². The Hall–Kier alpha value is 0.820. The molecule has 1 heterocycles. The third-order valence-corrected chi connectivity index (χ3v) is 1.30. The molecular weight excluding hydrogens is 333 g/mol. The minimum atomic E-state index is 0. The molecule has 13 heavy (non-hydrogen) atoms. The van der Waals surface area contributed by atoms with Crippen LogP contribution in [0.15, 0.2) is 25.1 Å². The second-order valence-corrected chi connectivity index (χ2v) is 2.26. The van der Waals surface area contributed by atoms with Crippen molar-refractivity contribution in [1.82, 2.24) is 9.80 Å². The Bertz CT molecular complexity index is 144. The van der Waals surface area contributed by atoms with Gasteiger partial charge in [0.2, 0.25) is 0 Å². The average Bonchev–Trinajstić information content (AvgIpc) is 2.17. The topological polar surface area (TPSA) is 6.48 Å². The van der Waals surface area contributed by atoms with Crippen molar-refractivity contribution >= 4 is 25.8 Å². The molecule has 74 valence electrons. The maximum Gasteiger partial charge on any atom is 3.00 e. The molecule has 0 aromatic heterocycles. The smallest absolute Gasteiger partial charge is 1.00 e. The molecule has 0 atom stereocenters. The van der Waals surface area contributed by atoms with Crippen LogP contribution in [-0.2, 0) is 0 Å². The fourth-order valence-electron chi connectivity index (χ4n) is 0.873. The Balaban J connectivity index is -0.000000101. The van der Waals surface area contributed by atoms with Gasteiger partial charge in [0.15, 0.2) is 0 Å². The van der Waals surface area contributed by atoms with Crippen LogP contribution in [0.4, 0.5) is 0 Å². The molecule has 6 heteroatoms. The van der Waals surface area contributed by atoms with Gasteiger partial charge in [-0.15, -0.1) is 6.58 Å². The van der Waals surface area contributed by atoms with E-state index in [9.17, 15) is 0 Å². The summed E-state index contributed by atoms with van der Waals surface area (Å²) in [6, 6.07) is 0. The number of hydrogen-bond donors (Lipinski definition) is 0. The zero-order valence-electron chi connectivity index (χ0n) is 7.46. The minimum absolute atomic E-state index is 0. The fraction of sp³-hybridized carbons (Fsp3) is 0.429. The van der Waals surface area contributed by atoms with Crippen molar-refractivity contribution in [2.75, 3.05) is 20.3 Å². The van der Waals surface area contributed by atoms with E-state index >= 15 is 0 Å². The average molecular weight is 345 g/mol. The van der Waals surface area contributed by atoms with Crippen LogP contribution < -0.4 is 37.2 Å². The zero-order valence-corrected chi connectivity index (χ0v) is 13.0. The molecule has 0 amide bonds. The normalized spacial score (nSPS) is 11.8. The van der Waals surface area contributed by atoms with Gasteiger partial charge in [-0.1, -0.05) is 6.08 Å². The van der Waals surface area contributed by atoms with E-state index in [1.807, 2.05) is 6.08 Å². The molecule has 1 aliphatic heterocycles. The van der Waals surface area contributed by atoms with Gasteiger partial charge in [0.05, 0.1) is 6.67 Å². The SMILES string of the molecule is C=CCN1C=CN(C)C1.[Cl-].[Cl-].[Cl-].[In+3]. The van der Waals surface area contributed by atoms with Gasteiger partial charge in [0.25, 0.3) is 0 Å². The third kappa shape index (κ3) is 9.13. The van der Waals surface area contributed by atoms with Crippen LogP contribution in [0.3, 0.4) is 0 Å². The molecule has 0 unspecified atom stereocenters. The van der Waals surface area contributed by atoms with Crippen LogP contribution in [0.5, 0.6) is 0 Å². The summed E-state index contributed by atoms with van der Waals surface area (Å²) >= 11 is 0. The standard InChI is InChI=1S/C7H12N2.3ClH.In/c1-3-4-9-6-5-8(2)7-9;;;;/h3,5-6H,1,4,7H2,2H3;3*1H;/q;;;;+3/p-3. The van der Waals surface area contributed by atoms with Gasteiger partial charge >= 0.3 is 25.8 Å². The summed E-state index contributed by atoms with van der Waals surface area (Å²) in [7, 11) is 2.06. The van der Waals surface area contributed by atoms with E-state index in [0.717, 1.165) is 13.2 Å². The van der Waals surface area contributed by atoms with Gasteiger partial charge in [-0.2, -0.15) is 0 Å². The predicted octanol–water partition coefficient (Wildman–Crippen LogP) is -8.52. The summed E-state index contributed by atoms with van der Waals surface area (Å²) in [5, 5.41) is 0. The maximum atomic E-state index is 3.66. The Labute approximate surface area is 117 Å². The van der Waals surface area contributed by atoms with Gasteiger partial charge < -0.3 is 47.0 Å². The molecule has 0 spiro atoms. The summed E-state index contributed by atoms with van der Waals surface area (Å²) < 4.78 is 0. The monoisotopic (exact) mass is 344 g/mol. The molecular formula is C7H12Cl3InN2. The first kappa shape index (κ1) is 23.6. The summed E-state index contributed by atoms with van der Waals surface area (Å²) in [4.78, 5) is 4.32. The Morgan fingerprint density at radius 1 is 1.31 bits per heavy atom. The van der Waals surface area contributed by atoms with E-state index in [2.05, 4.69) is 35.8 Å². The summed E-state index contributed by atoms with van der Waals surface area (Å²) in [5.41, 5.74) is 0. The number of hydrogen-bond acceptors (Lipinski definition) is 2. The number of rotatable bonds is 2. The van der Waals surface area contributed by atoms with Crippen LogP contribution in [0.1, 0.15) is 0 Å².